The number of amides is 1. The highest BCUT2D eigenvalue weighted by molar-refractivity contribution is 5.78. The van der Waals surface area contributed by atoms with Crippen molar-refractivity contribution in [2.75, 3.05) is 19.8 Å². The van der Waals surface area contributed by atoms with E-state index in [1.165, 1.54) is 6.33 Å². The van der Waals surface area contributed by atoms with E-state index in [0.717, 1.165) is 17.0 Å². The van der Waals surface area contributed by atoms with Crippen molar-refractivity contribution in [1.29, 1.82) is 0 Å². The minimum absolute atomic E-state index is 0.0629. The number of carboxylic acid groups (broad SMARTS) is 1. The lowest BCUT2D eigenvalue weighted by Crippen LogP contribution is -2.49. The molecule has 3 heterocycles. The minimum Gasteiger partial charge on any atom is -0.481 e. The van der Waals surface area contributed by atoms with Crippen molar-refractivity contribution >= 4 is 17.7 Å². The number of rotatable bonds is 5. The number of nitrogens with zero attached hydrogens (tertiary/aromatic N) is 5. The summed E-state index contributed by atoms with van der Waals surface area (Å²) in [6, 6.07) is -0.406. The van der Waals surface area contributed by atoms with Crippen LogP contribution in [-0.4, -0.2) is 67.3 Å². The van der Waals surface area contributed by atoms with Gasteiger partial charge in [-0.3, -0.25) is 9.59 Å². The fraction of sp³-hybridized carbons (Fsp3) is 0.562. The normalized spacial score (nSPS) is 17.8. The summed E-state index contributed by atoms with van der Waals surface area (Å²) in [6.45, 7) is 4.95. The fourth-order valence-electron chi connectivity index (χ4n) is 3.25. The van der Waals surface area contributed by atoms with E-state index in [9.17, 15) is 9.59 Å². The van der Waals surface area contributed by atoms with Crippen LogP contribution in [0, 0.1) is 13.8 Å². The van der Waals surface area contributed by atoms with Crippen LogP contribution < -0.4 is 0 Å². The molecule has 1 fully saturated rings. The molecule has 3 rings (SSSR count). The third-order valence-electron chi connectivity index (χ3n) is 4.54. The van der Waals surface area contributed by atoms with Crippen LogP contribution in [-0.2, 0) is 20.7 Å². The molecule has 1 N–H and O–H groups in total. The summed E-state index contributed by atoms with van der Waals surface area (Å²) in [4.78, 5) is 33.7. The third-order valence-corrected chi connectivity index (χ3v) is 4.54. The topological polar surface area (TPSA) is 110 Å². The molecular formula is C16H21N5O4. The van der Waals surface area contributed by atoms with Gasteiger partial charge < -0.3 is 14.7 Å². The van der Waals surface area contributed by atoms with Crippen LogP contribution in [0.15, 0.2) is 6.33 Å². The Morgan fingerprint density at radius 1 is 1.40 bits per heavy atom. The molecule has 1 saturated heterocycles. The van der Waals surface area contributed by atoms with Crippen LogP contribution in [0.1, 0.15) is 29.8 Å². The number of carbonyl (C=O) groups is 2. The lowest BCUT2D eigenvalue weighted by atomic mass is 10.0. The number of hydrogen-bond acceptors (Lipinski definition) is 6. The lowest BCUT2D eigenvalue weighted by molar-refractivity contribution is -0.146. The Balaban J connectivity index is 1.72. The number of ether oxygens (including phenoxy) is 1. The second kappa shape index (κ2) is 7.14. The van der Waals surface area contributed by atoms with Gasteiger partial charge >= 0.3 is 5.97 Å². The van der Waals surface area contributed by atoms with E-state index < -0.39 is 12.0 Å². The molecule has 1 atom stereocenters. The number of hydrogen-bond donors (Lipinski definition) is 1. The highest BCUT2D eigenvalue weighted by Crippen LogP contribution is 2.17. The lowest BCUT2D eigenvalue weighted by Gasteiger charge is -2.35. The van der Waals surface area contributed by atoms with Crippen molar-refractivity contribution in [3.8, 4) is 0 Å². The molecule has 0 aliphatic carbocycles. The molecule has 134 valence electrons. The largest absolute Gasteiger partial charge is 0.481 e. The first-order chi connectivity index (χ1) is 12.0. The standard InChI is InChI=1S/C16H21N5O4/c1-10-13(11(2)21-16(19-10)17-9-18-21)3-4-14(22)20-5-6-25-8-12(20)7-15(23)24/h9,12H,3-8H2,1-2H3,(H,23,24). The summed E-state index contributed by atoms with van der Waals surface area (Å²) in [5, 5.41) is 13.2. The van der Waals surface area contributed by atoms with Gasteiger partial charge in [0.1, 0.15) is 6.33 Å². The van der Waals surface area contributed by atoms with Crippen LogP contribution in [0.25, 0.3) is 5.78 Å². The van der Waals surface area contributed by atoms with Gasteiger partial charge in [0.25, 0.3) is 5.78 Å². The van der Waals surface area contributed by atoms with Gasteiger partial charge in [0.15, 0.2) is 0 Å². The summed E-state index contributed by atoms with van der Waals surface area (Å²) in [7, 11) is 0. The molecule has 0 aromatic carbocycles. The average molecular weight is 347 g/mol. The Labute approximate surface area is 144 Å². The van der Waals surface area contributed by atoms with E-state index in [1.54, 1.807) is 9.42 Å². The van der Waals surface area contributed by atoms with Crippen molar-refractivity contribution in [2.24, 2.45) is 0 Å². The smallest absolute Gasteiger partial charge is 0.305 e. The number of aliphatic carboxylic acids is 1. The van der Waals surface area contributed by atoms with Gasteiger partial charge in [-0.2, -0.15) is 10.1 Å². The maximum Gasteiger partial charge on any atom is 0.305 e. The SMILES string of the molecule is Cc1nc2ncnn2c(C)c1CCC(=O)N1CCOCC1CC(=O)O. The number of fused-ring (bicyclic) bond motifs is 1. The molecule has 0 bridgehead atoms. The van der Waals surface area contributed by atoms with Gasteiger partial charge in [0.2, 0.25) is 5.91 Å². The highest BCUT2D eigenvalue weighted by atomic mass is 16.5. The second-order valence-electron chi connectivity index (χ2n) is 6.15. The zero-order valence-electron chi connectivity index (χ0n) is 14.3. The summed E-state index contributed by atoms with van der Waals surface area (Å²) < 4.78 is 6.98. The molecule has 0 radical (unpaired) electrons. The minimum atomic E-state index is -0.930. The van der Waals surface area contributed by atoms with Crippen molar-refractivity contribution < 1.29 is 19.4 Å². The van der Waals surface area contributed by atoms with Crippen molar-refractivity contribution in [1.82, 2.24) is 24.5 Å². The first-order valence-electron chi connectivity index (χ1n) is 8.22. The van der Waals surface area contributed by atoms with E-state index in [4.69, 9.17) is 9.84 Å². The Bertz CT molecular complexity index is 803. The van der Waals surface area contributed by atoms with Crippen molar-refractivity contribution in [3.63, 3.8) is 0 Å². The van der Waals surface area contributed by atoms with Crippen LogP contribution in [0.2, 0.25) is 0 Å². The predicted molar refractivity (Wildman–Crippen MR) is 87.1 cm³/mol. The van der Waals surface area contributed by atoms with Crippen LogP contribution in [0.3, 0.4) is 0 Å². The van der Waals surface area contributed by atoms with Crippen molar-refractivity contribution in [3.05, 3.63) is 23.3 Å². The van der Waals surface area contributed by atoms with Crippen LogP contribution in [0.4, 0.5) is 0 Å². The number of aromatic nitrogens is 4. The van der Waals surface area contributed by atoms with Crippen molar-refractivity contribution in [2.45, 2.75) is 39.2 Å². The highest BCUT2D eigenvalue weighted by Gasteiger charge is 2.29. The second-order valence-corrected chi connectivity index (χ2v) is 6.15. The first-order valence-corrected chi connectivity index (χ1v) is 8.22. The van der Waals surface area contributed by atoms with Gasteiger partial charge in [-0.25, -0.2) is 9.50 Å². The maximum absolute atomic E-state index is 12.6. The molecule has 1 aliphatic heterocycles. The van der Waals surface area contributed by atoms with Gasteiger partial charge in [-0.05, 0) is 25.8 Å². The molecule has 2 aromatic rings. The monoisotopic (exact) mass is 347 g/mol. The van der Waals surface area contributed by atoms with Crippen LogP contribution in [0.5, 0.6) is 0 Å². The molecule has 0 spiro atoms. The number of carbonyl (C=O) groups excluding carboxylic acids is 1. The maximum atomic E-state index is 12.6. The Hall–Kier alpha value is -2.55. The molecule has 9 heteroatoms. The Morgan fingerprint density at radius 3 is 2.96 bits per heavy atom. The van der Waals surface area contributed by atoms with E-state index in [0.29, 0.717) is 31.8 Å². The van der Waals surface area contributed by atoms with Gasteiger partial charge in [-0.15, -0.1) is 0 Å². The zero-order chi connectivity index (χ0) is 18.0. The van der Waals surface area contributed by atoms with E-state index in [2.05, 4.69) is 15.1 Å². The van der Waals surface area contributed by atoms with Gasteiger partial charge in [-0.1, -0.05) is 0 Å². The molecule has 1 unspecified atom stereocenters. The summed E-state index contributed by atoms with van der Waals surface area (Å²) >= 11 is 0. The number of morpholine rings is 1. The first kappa shape index (κ1) is 17.3. The summed E-state index contributed by atoms with van der Waals surface area (Å²) in [5.74, 6) is -0.451. The van der Waals surface area contributed by atoms with Crippen LogP contribution >= 0.6 is 0 Å². The van der Waals surface area contributed by atoms with E-state index >= 15 is 0 Å². The Morgan fingerprint density at radius 2 is 2.20 bits per heavy atom. The van der Waals surface area contributed by atoms with Gasteiger partial charge in [0.05, 0.1) is 25.7 Å². The third kappa shape index (κ3) is 3.60. The molecule has 0 saturated carbocycles. The van der Waals surface area contributed by atoms with Gasteiger partial charge in [0, 0.05) is 24.4 Å². The Kier molecular flexibility index (Phi) is 4.93. The molecule has 25 heavy (non-hydrogen) atoms. The molecule has 9 nitrogen and oxygen atoms in total. The summed E-state index contributed by atoms with van der Waals surface area (Å²) in [6.07, 6.45) is 2.17. The average Bonchev–Trinajstić information content (AvgIpc) is 3.02. The fourth-order valence-corrected chi connectivity index (χ4v) is 3.25. The van der Waals surface area contributed by atoms with E-state index in [1.807, 2.05) is 13.8 Å². The molecule has 1 aliphatic rings. The van der Waals surface area contributed by atoms with E-state index in [-0.39, 0.29) is 18.9 Å². The summed E-state index contributed by atoms with van der Waals surface area (Å²) in [5.41, 5.74) is 2.71. The molecular weight excluding hydrogens is 326 g/mol. The number of aryl methyl sites for hydroxylation is 2. The predicted octanol–water partition coefficient (Wildman–Crippen LogP) is 0.376. The molecule has 2 aromatic heterocycles. The zero-order valence-corrected chi connectivity index (χ0v) is 14.3. The molecule has 1 amide bonds. The quantitative estimate of drug-likeness (QED) is 0.832. The number of carboxylic acids is 1.